The Morgan fingerprint density at radius 2 is 2.06 bits per heavy atom. The Kier molecular flexibility index (Phi) is 3.34. The average Bonchev–Trinajstić information content (AvgIpc) is 2.32. The topological polar surface area (TPSA) is 63.8 Å². The number of benzene rings is 1. The number of hydrogen-bond donors (Lipinski definition) is 2. The van der Waals surface area contributed by atoms with E-state index in [0.29, 0.717) is 17.5 Å². The van der Waals surface area contributed by atoms with Crippen molar-refractivity contribution in [3.8, 4) is 0 Å². The van der Waals surface area contributed by atoms with E-state index in [1.54, 1.807) is 18.3 Å². The molecule has 0 bridgehead atoms. The van der Waals surface area contributed by atoms with Gasteiger partial charge in [0.25, 0.3) is 0 Å². The number of halogens is 1. The molecule has 0 unspecified atom stereocenters. The van der Waals surface area contributed by atoms with Gasteiger partial charge in [-0.3, -0.25) is 0 Å². The maximum absolute atomic E-state index is 6.01. The van der Waals surface area contributed by atoms with E-state index in [1.165, 1.54) is 0 Å². The molecular formula is C11H11ClN4. The highest BCUT2D eigenvalue weighted by molar-refractivity contribution is 6.33. The minimum Gasteiger partial charge on any atom is -0.325 e. The lowest BCUT2D eigenvalue weighted by molar-refractivity contribution is 0.969. The molecule has 2 rings (SSSR count). The summed E-state index contributed by atoms with van der Waals surface area (Å²) in [5, 5.41) is 3.67. The standard InChI is InChI=1S/C11H11ClN4/c12-9-3-1-2-4-10(9)16-11-14-6-5-8(7-13)15-11/h1-6H,7,13H2,(H,14,15,16). The molecule has 0 amide bonds. The SMILES string of the molecule is NCc1ccnc(Nc2ccccc2Cl)n1. The number of nitrogens with zero attached hydrogens (tertiary/aromatic N) is 2. The second kappa shape index (κ2) is 4.92. The van der Waals surface area contributed by atoms with Crippen molar-refractivity contribution in [2.24, 2.45) is 5.73 Å². The van der Waals surface area contributed by atoms with Gasteiger partial charge >= 0.3 is 0 Å². The van der Waals surface area contributed by atoms with E-state index >= 15 is 0 Å². The van der Waals surface area contributed by atoms with Crippen molar-refractivity contribution >= 4 is 23.2 Å². The maximum atomic E-state index is 6.01. The molecule has 0 saturated carbocycles. The van der Waals surface area contributed by atoms with Crippen molar-refractivity contribution in [1.29, 1.82) is 0 Å². The number of hydrogen-bond acceptors (Lipinski definition) is 4. The molecule has 2 aromatic rings. The first-order valence-electron chi connectivity index (χ1n) is 4.83. The van der Waals surface area contributed by atoms with Gasteiger partial charge in [0, 0.05) is 12.7 Å². The summed E-state index contributed by atoms with van der Waals surface area (Å²) in [6.45, 7) is 0.389. The summed E-state index contributed by atoms with van der Waals surface area (Å²) in [5.74, 6) is 0.496. The Bertz CT molecular complexity index is 487. The van der Waals surface area contributed by atoms with Crippen molar-refractivity contribution in [3.05, 3.63) is 47.2 Å². The van der Waals surface area contributed by atoms with Crippen molar-refractivity contribution in [1.82, 2.24) is 9.97 Å². The molecule has 3 N–H and O–H groups in total. The first-order chi connectivity index (χ1) is 7.79. The third kappa shape index (κ3) is 2.48. The van der Waals surface area contributed by atoms with Gasteiger partial charge in [0.2, 0.25) is 5.95 Å². The van der Waals surface area contributed by atoms with E-state index < -0.39 is 0 Å². The summed E-state index contributed by atoms with van der Waals surface area (Å²) in [4.78, 5) is 8.31. The zero-order valence-electron chi connectivity index (χ0n) is 8.52. The molecule has 1 aromatic heterocycles. The Morgan fingerprint density at radius 3 is 2.81 bits per heavy atom. The lowest BCUT2D eigenvalue weighted by atomic mass is 10.3. The van der Waals surface area contributed by atoms with Gasteiger partial charge in [-0.1, -0.05) is 23.7 Å². The van der Waals surface area contributed by atoms with E-state index in [9.17, 15) is 0 Å². The lowest BCUT2D eigenvalue weighted by Gasteiger charge is -2.06. The quantitative estimate of drug-likeness (QED) is 0.856. The summed E-state index contributed by atoms with van der Waals surface area (Å²) >= 11 is 6.01. The van der Waals surface area contributed by atoms with Crippen molar-refractivity contribution in [3.63, 3.8) is 0 Å². The molecule has 0 aliphatic rings. The summed E-state index contributed by atoms with van der Waals surface area (Å²) < 4.78 is 0. The van der Waals surface area contributed by atoms with Gasteiger partial charge < -0.3 is 11.1 Å². The normalized spacial score (nSPS) is 10.1. The van der Waals surface area contributed by atoms with Gasteiger partial charge in [-0.2, -0.15) is 0 Å². The van der Waals surface area contributed by atoms with Crippen LogP contribution in [0.2, 0.25) is 5.02 Å². The second-order valence-corrected chi connectivity index (χ2v) is 3.59. The third-order valence-corrected chi connectivity index (χ3v) is 2.37. The zero-order valence-corrected chi connectivity index (χ0v) is 9.28. The van der Waals surface area contributed by atoms with Crippen LogP contribution in [0.4, 0.5) is 11.6 Å². The van der Waals surface area contributed by atoms with Gasteiger partial charge in [0.05, 0.1) is 16.4 Å². The van der Waals surface area contributed by atoms with Crippen LogP contribution in [0.25, 0.3) is 0 Å². The minimum absolute atomic E-state index is 0.389. The average molecular weight is 235 g/mol. The molecule has 16 heavy (non-hydrogen) atoms. The van der Waals surface area contributed by atoms with Crippen LogP contribution >= 0.6 is 11.6 Å². The van der Waals surface area contributed by atoms with Crippen molar-refractivity contribution in [2.75, 3.05) is 5.32 Å². The Hall–Kier alpha value is -1.65. The summed E-state index contributed by atoms with van der Waals surface area (Å²) in [6, 6.07) is 9.20. The Balaban J connectivity index is 2.24. The fourth-order valence-corrected chi connectivity index (χ4v) is 1.44. The zero-order chi connectivity index (χ0) is 11.4. The molecule has 0 fully saturated rings. The number of aromatic nitrogens is 2. The first-order valence-corrected chi connectivity index (χ1v) is 5.21. The maximum Gasteiger partial charge on any atom is 0.227 e. The van der Waals surface area contributed by atoms with Crippen LogP contribution in [0.15, 0.2) is 36.5 Å². The molecule has 0 aliphatic heterocycles. The van der Waals surface area contributed by atoms with Gasteiger partial charge in [-0.05, 0) is 18.2 Å². The molecule has 4 nitrogen and oxygen atoms in total. The monoisotopic (exact) mass is 234 g/mol. The second-order valence-electron chi connectivity index (χ2n) is 3.18. The molecule has 1 aromatic carbocycles. The fourth-order valence-electron chi connectivity index (χ4n) is 1.25. The van der Waals surface area contributed by atoms with Crippen LogP contribution < -0.4 is 11.1 Å². The Morgan fingerprint density at radius 1 is 1.25 bits per heavy atom. The minimum atomic E-state index is 0.389. The highest BCUT2D eigenvalue weighted by Crippen LogP contribution is 2.22. The van der Waals surface area contributed by atoms with Gasteiger partial charge in [0.15, 0.2) is 0 Å². The highest BCUT2D eigenvalue weighted by atomic mass is 35.5. The number of rotatable bonds is 3. The van der Waals surface area contributed by atoms with Crippen molar-refractivity contribution < 1.29 is 0 Å². The molecule has 5 heteroatoms. The van der Waals surface area contributed by atoms with Crippen molar-refractivity contribution in [2.45, 2.75) is 6.54 Å². The predicted molar refractivity (Wildman–Crippen MR) is 64.7 cm³/mol. The predicted octanol–water partition coefficient (Wildman–Crippen LogP) is 2.33. The van der Waals surface area contributed by atoms with Gasteiger partial charge in [-0.15, -0.1) is 0 Å². The molecule has 82 valence electrons. The molecular weight excluding hydrogens is 224 g/mol. The molecule has 0 saturated heterocycles. The van der Waals surface area contributed by atoms with Crippen LogP contribution in [0.3, 0.4) is 0 Å². The number of nitrogens with two attached hydrogens (primary N) is 1. The third-order valence-electron chi connectivity index (χ3n) is 2.04. The van der Waals surface area contributed by atoms with Gasteiger partial charge in [-0.25, -0.2) is 9.97 Å². The molecule has 0 spiro atoms. The van der Waals surface area contributed by atoms with Crippen LogP contribution in [0.1, 0.15) is 5.69 Å². The molecule has 0 aliphatic carbocycles. The molecule has 0 atom stereocenters. The van der Waals surface area contributed by atoms with E-state index in [0.717, 1.165) is 11.4 Å². The van der Waals surface area contributed by atoms with Crippen LogP contribution in [-0.4, -0.2) is 9.97 Å². The summed E-state index contributed by atoms with van der Waals surface area (Å²) in [5.41, 5.74) is 7.06. The fraction of sp³-hybridized carbons (Fsp3) is 0.0909. The van der Waals surface area contributed by atoms with Crippen LogP contribution in [0, 0.1) is 0 Å². The van der Waals surface area contributed by atoms with Crippen LogP contribution in [0.5, 0.6) is 0 Å². The first kappa shape index (κ1) is 10.9. The van der Waals surface area contributed by atoms with E-state index in [-0.39, 0.29) is 0 Å². The van der Waals surface area contributed by atoms with Gasteiger partial charge in [0.1, 0.15) is 0 Å². The van der Waals surface area contributed by atoms with E-state index in [4.69, 9.17) is 17.3 Å². The van der Waals surface area contributed by atoms with E-state index in [1.807, 2.05) is 18.2 Å². The number of para-hydroxylation sites is 1. The Labute approximate surface area is 98.5 Å². The summed E-state index contributed by atoms with van der Waals surface area (Å²) in [6.07, 6.45) is 1.66. The number of nitrogens with one attached hydrogen (secondary N) is 1. The smallest absolute Gasteiger partial charge is 0.227 e. The molecule has 0 radical (unpaired) electrons. The van der Waals surface area contributed by atoms with Crippen LogP contribution in [-0.2, 0) is 6.54 Å². The largest absolute Gasteiger partial charge is 0.325 e. The number of anilines is 2. The highest BCUT2D eigenvalue weighted by Gasteiger charge is 2.01. The van der Waals surface area contributed by atoms with E-state index in [2.05, 4.69) is 15.3 Å². The molecule has 1 heterocycles. The summed E-state index contributed by atoms with van der Waals surface area (Å²) in [7, 11) is 0. The lowest BCUT2D eigenvalue weighted by Crippen LogP contribution is -2.03.